The van der Waals surface area contributed by atoms with E-state index in [0.29, 0.717) is 10.8 Å². The van der Waals surface area contributed by atoms with E-state index in [9.17, 15) is 0 Å². The second kappa shape index (κ2) is 5.73. The Balaban J connectivity index is 1.73. The van der Waals surface area contributed by atoms with Gasteiger partial charge in [0.2, 0.25) is 0 Å². The highest BCUT2D eigenvalue weighted by molar-refractivity contribution is 5.13. The van der Waals surface area contributed by atoms with Crippen molar-refractivity contribution < 1.29 is 0 Å². The van der Waals surface area contributed by atoms with E-state index in [4.69, 9.17) is 0 Å². The van der Waals surface area contributed by atoms with Crippen molar-refractivity contribution >= 4 is 0 Å². The number of nitrogens with one attached hydrogen (secondary N) is 1. The van der Waals surface area contributed by atoms with Crippen LogP contribution in [0, 0.1) is 16.7 Å². The summed E-state index contributed by atoms with van der Waals surface area (Å²) in [5.74, 6) is 0.856. The SMILES string of the molecule is CCCN1CCCC(NCC2C(C)(C)C2(C)C)CC1. The fourth-order valence-electron chi connectivity index (χ4n) is 4.03. The number of hydrogen-bond donors (Lipinski definition) is 1. The molecule has 2 nitrogen and oxygen atoms in total. The Bertz CT molecular complexity index is 282. The van der Waals surface area contributed by atoms with Crippen LogP contribution in [0.2, 0.25) is 0 Å². The maximum Gasteiger partial charge on any atom is 0.00798 e. The van der Waals surface area contributed by atoms with E-state index >= 15 is 0 Å². The molecule has 0 aromatic rings. The monoisotopic (exact) mass is 266 g/mol. The van der Waals surface area contributed by atoms with E-state index in [-0.39, 0.29) is 0 Å². The van der Waals surface area contributed by atoms with Gasteiger partial charge in [-0.05, 0) is 68.6 Å². The Morgan fingerprint density at radius 3 is 2.32 bits per heavy atom. The average Bonchev–Trinajstić information content (AvgIpc) is 2.83. The number of rotatable bonds is 5. The van der Waals surface area contributed by atoms with E-state index in [1.807, 2.05) is 0 Å². The third-order valence-electron chi connectivity index (χ3n) is 6.29. The lowest BCUT2D eigenvalue weighted by atomic mass is 10.0. The van der Waals surface area contributed by atoms with Crippen molar-refractivity contribution in [2.45, 2.75) is 66.3 Å². The molecule has 1 aliphatic heterocycles. The maximum atomic E-state index is 3.87. The molecular formula is C17H34N2. The minimum Gasteiger partial charge on any atom is -0.314 e. The first-order chi connectivity index (χ1) is 8.89. The predicted molar refractivity (Wildman–Crippen MR) is 83.4 cm³/mol. The van der Waals surface area contributed by atoms with Crippen LogP contribution in [0.15, 0.2) is 0 Å². The summed E-state index contributed by atoms with van der Waals surface area (Å²) in [4.78, 5) is 2.65. The van der Waals surface area contributed by atoms with Gasteiger partial charge in [-0.15, -0.1) is 0 Å². The highest BCUT2D eigenvalue weighted by Crippen LogP contribution is 2.67. The van der Waals surface area contributed by atoms with E-state index < -0.39 is 0 Å². The molecule has 0 spiro atoms. The van der Waals surface area contributed by atoms with E-state index in [1.54, 1.807) is 0 Å². The summed E-state index contributed by atoms with van der Waals surface area (Å²) in [5.41, 5.74) is 1.05. The van der Waals surface area contributed by atoms with Crippen LogP contribution in [0.1, 0.15) is 60.3 Å². The van der Waals surface area contributed by atoms with Gasteiger partial charge < -0.3 is 10.2 Å². The molecule has 1 N–H and O–H groups in total. The molecular weight excluding hydrogens is 232 g/mol. The zero-order chi connectivity index (χ0) is 14.1. The van der Waals surface area contributed by atoms with Crippen molar-refractivity contribution in [1.82, 2.24) is 10.2 Å². The van der Waals surface area contributed by atoms with Crippen molar-refractivity contribution in [3.8, 4) is 0 Å². The molecule has 19 heavy (non-hydrogen) atoms. The fourth-order valence-corrected chi connectivity index (χ4v) is 4.03. The lowest BCUT2D eigenvalue weighted by molar-refractivity contribution is 0.282. The van der Waals surface area contributed by atoms with Crippen molar-refractivity contribution in [1.29, 1.82) is 0 Å². The smallest absolute Gasteiger partial charge is 0.00798 e. The summed E-state index contributed by atoms with van der Waals surface area (Å²) in [6, 6.07) is 0.758. The van der Waals surface area contributed by atoms with E-state index in [1.165, 1.54) is 51.9 Å². The van der Waals surface area contributed by atoms with Crippen molar-refractivity contribution in [2.24, 2.45) is 16.7 Å². The Morgan fingerprint density at radius 2 is 1.74 bits per heavy atom. The molecule has 1 saturated heterocycles. The zero-order valence-electron chi connectivity index (χ0n) is 13.8. The first-order valence-corrected chi connectivity index (χ1v) is 8.35. The largest absolute Gasteiger partial charge is 0.314 e. The first kappa shape index (κ1) is 15.3. The van der Waals surface area contributed by atoms with Crippen LogP contribution in [0.25, 0.3) is 0 Å². The predicted octanol–water partition coefficient (Wildman–Crippen LogP) is 3.52. The Kier molecular flexibility index (Phi) is 4.62. The van der Waals surface area contributed by atoms with Gasteiger partial charge in [-0.25, -0.2) is 0 Å². The summed E-state index contributed by atoms with van der Waals surface area (Å²) >= 11 is 0. The molecule has 2 aliphatic rings. The second-order valence-corrected chi connectivity index (χ2v) is 7.87. The van der Waals surface area contributed by atoms with Gasteiger partial charge in [-0.2, -0.15) is 0 Å². The molecule has 1 aliphatic carbocycles. The summed E-state index contributed by atoms with van der Waals surface area (Å²) in [7, 11) is 0. The van der Waals surface area contributed by atoms with Gasteiger partial charge in [0.1, 0.15) is 0 Å². The molecule has 0 bridgehead atoms. The molecule has 0 amide bonds. The maximum absolute atomic E-state index is 3.87. The van der Waals surface area contributed by atoms with E-state index in [2.05, 4.69) is 44.8 Å². The Hall–Kier alpha value is -0.0800. The standard InChI is InChI=1S/C17H34N2/c1-6-10-19-11-7-8-14(9-12-19)18-13-15-16(2,3)17(15,4)5/h14-15,18H,6-13H2,1-5H3. The van der Waals surface area contributed by atoms with Gasteiger partial charge in [0, 0.05) is 6.04 Å². The van der Waals surface area contributed by atoms with Crippen LogP contribution < -0.4 is 5.32 Å². The van der Waals surface area contributed by atoms with Crippen LogP contribution in [0.5, 0.6) is 0 Å². The lowest BCUT2D eigenvalue weighted by Gasteiger charge is -2.19. The fraction of sp³-hybridized carbons (Fsp3) is 1.00. The van der Waals surface area contributed by atoms with Gasteiger partial charge in [-0.1, -0.05) is 34.6 Å². The first-order valence-electron chi connectivity index (χ1n) is 8.35. The van der Waals surface area contributed by atoms with Crippen LogP contribution in [-0.4, -0.2) is 37.1 Å². The van der Waals surface area contributed by atoms with Gasteiger partial charge >= 0.3 is 0 Å². The summed E-state index contributed by atoms with van der Waals surface area (Å²) in [5, 5.41) is 3.87. The van der Waals surface area contributed by atoms with Crippen molar-refractivity contribution in [3.63, 3.8) is 0 Å². The number of likely N-dealkylation sites (tertiary alicyclic amines) is 1. The Morgan fingerprint density at radius 1 is 1.05 bits per heavy atom. The van der Waals surface area contributed by atoms with Gasteiger partial charge in [0.25, 0.3) is 0 Å². The molecule has 112 valence electrons. The van der Waals surface area contributed by atoms with Crippen molar-refractivity contribution in [3.05, 3.63) is 0 Å². The number of nitrogens with zero attached hydrogens (tertiary/aromatic N) is 1. The molecule has 2 rings (SSSR count). The summed E-state index contributed by atoms with van der Waals surface area (Å²) in [6.07, 6.45) is 5.37. The van der Waals surface area contributed by atoms with Gasteiger partial charge in [0.15, 0.2) is 0 Å². The Labute approximate surface area is 120 Å². The highest BCUT2D eigenvalue weighted by Gasteiger charge is 2.63. The molecule has 1 unspecified atom stereocenters. The molecule has 0 aromatic carbocycles. The summed E-state index contributed by atoms with van der Waals surface area (Å²) in [6.45, 7) is 17.1. The lowest BCUT2D eigenvalue weighted by Crippen LogP contribution is -2.33. The normalized spacial score (nSPS) is 31.1. The van der Waals surface area contributed by atoms with Crippen LogP contribution in [0.3, 0.4) is 0 Å². The average molecular weight is 266 g/mol. The van der Waals surface area contributed by atoms with E-state index in [0.717, 1.165) is 12.0 Å². The topological polar surface area (TPSA) is 15.3 Å². The third-order valence-corrected chi connectivity index (χ3v) is 6.29. The minimum absolute atomic E-state index is 0.527. The molecule has 2 fully saturated rings. The second-order valence-electron chi connectivity index (χ2n) is 7.87. The third kappa shape index (κ3) is 3.16. The molecule has 0 radical (unpaired) electrons. The molecule has 0 aromatic heterocycles. The van der Waals surface area contributed by atoms with Gasteiger partial charge in [-0.3, -0.25) is 0 Å². The molecule has 1 saturated carbocycles. The molecule has 2 heteroatoms. The minimum atomic E-state index is 0.527. The zero-order valence-corrected chi connectivity index (χ0v) is 13.8. The van der Waals surface area contributed by atoms with Crippen LogP contribution >= 0.6 is 0 Å². The summed E-state index contributed by atoms with van der Waals surface area (Å²) < 4.78 is 0. The van der Waals surface area contributed by atoms with Crippen LogP contribution in [-0.2, 0) is 0 Å². The number of hydrogen-bond acceptors (Lipinski definition) is 2. The molecule has 1 atom stereocenters. The highest BCUT2D eigenvalue weighted by atomic mass is 15.1. The van der Waals surface area contributed by atoms with Gasteiger partial charge in [0.05, 0.1) is 0 Å². The van der Waals surface area contributed by atoms with Crippen molar-refractivity contribution in [2.75, 3.05) is 26.2 Å². The van der Waals surface area contributed by atoms with Crippen LogP contribution in [0.4, 0.5) is 0 Å². The molecule has 1 heterocycles. The quantitative estimate of drug-likeness (QED) is 0.819.